The Kier molecular flexibility index (Phi) is 6.66. The van der Waals surface area contributed by atoms with Gasteiger partial charge in [-0.1, -0.05) is 30.3 Å². The lowest BCUT2D eigenvalue weighted by molar-refractivity contribution is -0.153. The highest BCUT2D eigenvalue weighted by Gasteiger charge is 2.28. The average Bonchev–Trinajstić information content (AvgIpc) is 3.18. The molecular formula is C25H23F3N2O2. The van der Waals surface area contributed by atoms with Crippen molar-refractivity contribution >= 4 is 10.9 Å². The van der Waals surface area contributed by atoms with E-state index >= 15 is 0 Å². The van der Waals surface area contributed by atoms with Gasteiger partial charge in [0, 0.05) is 23.6 Å². The number of fused-ring (bicyclic) bond motifs is 1. The van der Waals surface area contributed by atoms with E-state index in [1.54, 1.807) is 12.1 Å². The number of benzene rings is 3. The maximum atomic E-state index is 12.4. The minimum absolute atomic E-state index is 0.207. The number of para-hydroxylation sites is 1. The van der Waals surface area contributed by atoms with Crippen LogP contribution in [0.25, 0.3) is 10.9 Å². The molecule has 0 atom stereocenters. The number of hydrogen-bond donors (Lipinski definition) is 2. The third kappa shape index (κ3) is 6.04. The molecule has 166 valence electrons. The fourth-order valence-corrected chi connectivity index (χ4v) is 3.42. The maximum absolute atomic E-state index is 12.4. The summed E-state index contributed by atoms with van der Waals surface area (Å²) >= 11 is 0. The zero-order chi connectivity index (χ0) is 22.4. The van der Waals surface area contributed by atoms with Crippen LogP contribution in [0.4, 0.5) is 13.2 Å². The van der Waals surface area contributed by atoms with Gasteiger partial charge in [-0.2, -0.15) is 13.2 Å². The molecule has 3 aromatic carbocycles. The van der Waals surface area contributed by atoms with E-state index in [1.807, 2.05) is 60.8 Å². The molecule has 1 heterocycles. The SMILES string of the molecule is FC(F)(F)COc1ccc2[nH]cc(CCNCc3cccc(Oc4ccccc4)c3)c2c1. The molecule has 4 rings (SSSR count). The predicted octanol–water partition coefficient (Wildman–Crippen LogP) is 6.23. The molecule has 0 aliphatic rings. The van der Waals surface area contributed by atoms with Crippen LogP contribution in [0.1, 0.15) is 11.1 Å². The Morgan fingerprint density at radius 3 is 2.47 bits per heavy atom. The van der Waals surface area contributed by atoms with Gasteiger partial charge in [-0.15, -0.1) is 0 Å². The molecule has 7 heteroatoms. The molecule has 0 spiro atoms. The van der Waals surface area contributed by atoms with Gasteiger partial charge in [0.15, 0.2) is 6.61 Å². The van der Waals surface area contributed by atoms with Crippen LogP contribution in [0.3, 0.4) is 0 Å². The summed E-state index contributed by atoms with van der Waals surface area (Å²) in [5.74, 6) is 1.77. The molecule has 32 heavy (non-hydrogen) atoms. The fourth-order valence-electron chi connectivity index (χ4n) is 3.42. The van der Waals surface area contributed by atoms with Crippen LogP contribution in [-0.2, 0) is 13.0 Å². The number of halogens is 3. The smallest absolute Gasteiger partial charge is 0.422 e. The average molecular weight is 440 g/mol. The molecule has 0 bridgehead atoms. The lowest BCUT2D eigenvalue weighted by atomic mass is 10.1. The molecule has 0 radical (unpaired) electrons. The third-order valence-corrected chi connectivity index (χ3v) is 4.92. The lowest BCUT2D eigenvalue weighted by Crippen LogP contribution is -2.19. The van der Waals surface area contributed by atoms with E-state index in [0.29, 0.717) is 13.1 Å². The van der Waals surface area contributed by atoms with Gasteiger partial charge in [-0.25, -0.2) is 0 Å². The van der Waals surface area contributed by atoms with Crippen LogP contribution >= 0.6 is 0 Å². The summed E-state index contributed by atoms with van der Waals surface area (Å²) in [4.78, 5) is 3.15. The minimum Gasteiger partial charge on any atom is -0.484 e. The van der Waals surface area contributed by atoms with Gasteiger partial charge in [-0.3, -0.25) is 0 Å². The third-order valence-electron chi connectivity index (χ3n) is 4.92. The molecular weight excluding hydrogens is 417 g/mol. The van der Waals surface area contributed by atoms with Crippen LogP contribution in [0, 0.1) is 0 Å². The van der Waals surface area contributed by atoms with Gasteiger partial charge < -0.3 is 19.8 Å². The first-order valence-electron chi connectivity index (χ1n) is 10.3. The zero-order valence-electron chi connectivity index (χ0n) is 17.3. The van der Waals surface area contributed by atoms with Crippen LogP contribution in [0.15, 0.2) is 79.0 Å². The number of aromatic nitrogens is 1. The molecule has 0 saturated heterocycles. The molecule has 0 aliphatic carbocycles. The van der Waals surface area contributed by atoms with Crippen molar-refractivity contribution in [3.05, 3.63) is 90.1 Å². The summed E-state index contributed by atoms with van der Waals surface area (Å²) in [5, 5.41) is 4.27. The Bertz CT molecular complexity index is 1160. The number of alkyl halides is 3. The minimum atomic E-state index is -4.36. The molecule has 0 fully saturated rings. The number of H-pyrrole nitrogens is 1. The van der Waals surface area contributed by atoms with E-state index in [0.717, 1.165) is 39.9 Å². The van der Waals surface area contributed by atoms with E-state index in [-0.39, 0.29) is 5.75 Å². The molecule has 0 amide bonds. The van der Waals surface area contributed by atoms with Crippen molar-refractivity contribution in [2.24, 2.45) is 0 Å². The molecule has 0 aliphatic heterocycles. The standard InChI is InChI=1S/C25H23F3N2O2/c26-25(27,28)17-31-21-9-10-24-23(14-21)19(16-30-24)11-12-29-15-18-5-4-8-22(13-18)32-20-6-2-1-3-7-20/h1-10,13-14,16,29-30H,11-12,15,17H2. The molecule has 0 saturated carbocycles. The monoisotopic (exact) mass is 440 g/mol. The molecule has 4 nitrogen and oxygen atoms in total. The van der Waals surface area contributed by atoms with Gasteiger partial charge in [0.2, 0.25) is 0 Å². The van der Waals surface area contributed by atoms with E-state index in [2.05, 4.69) is 10.3 Å². The summed E-state index contributed by atoms with van der Waals surface area (Å²) in [6.45, 7) is 0.0888. The van der Waals surface area contributed by atoms with Crippen molar-refractivity contribution in [3.8, 4) is 17.2 Å². The highest BCUT2D eigenvalue weighted by molar-refractivity contribution is 5.84. The Hall–Kier alpha value is -3.45. The first-order valence-corrected chi connectivity index (χ1v) is 10.3. The number of ether oxygens (including phenoxy) is 2. The van der Waals surface area contributed by atoms with Crippen molar-refractivity contribution in [1.82, 2.24) is 10.3 Å². The van der Waals surface area contributed by atoms with Crippen LogP contribution < -0.4 is 14.8 Å². The Balaban J connectivity index is 1.31. The second-order valence-electron chi connectivity index (χ2n) is 7.41. The quantitative estimate of drug-likeness (QED) is 0.303. The van der Waals surface area contributed by atoms with Gasteiger partial charge >= 0.3 is 6.18 Å². The van der Waals surface area contributed by atoms with Gasteiger partial charge in [0.05, 0.1) is 0 Å². The molecule has 4 aromatic rings. The lowest BCUT2D eigenvalue weighted by Gasteiger charge is -2.10. The van der Waals surface area contributed by atoms with Crippen molar-refractivity contribution < 1.29 is 22.6 Å². The van der Waals surface area contributed by atoms with Crippen molar-refractivity contribution in [3.63, 3.8) is 0 Å². The summed E-state index contributed by atoms with van der Waals surface area (Å²) in [6, 6.07) is 22.4. The highest BCUT2D eigenvalue weighted by Crippen LogP contribution is 2.26. The second-order valence-corrected chi connectivity index (χ2v) is 7.41. The summed E-state index contributed by atoms with van der Waals surface area (Å²) in [6.07, 6.45) is -1.75. The van der Waals surface area contributed by atoms with Crippen LogP contribution in [-0.4, -0.2) is 24.3 Å². The summed E-state index contributed by atoms with van der Waals surface area (Å²) in [5.41, 5.74) is 2.98. The van der Waals surface area contributed by atoms with Crippen molar-refractivity contribution in [1.29, 1.82) is 0 Å². The van der Waals surface area contributed by atoms with E-state index < -0.39 is 12.8 Å². The highest BCUT2D eigenvalue weighted by atomic mass is 19.4. The number of hydrogen-bond acceptors (Lipinski definition) is 3. The Morgan fingerprint density at radius 2 is 1.66 bits per heavy atom. The molecule has 1 aromatic heterocycles. The molecule has 0 unspecified atom stereocenters. The van der Waals surface area contributed by atoms with Crippen LogP contribution in [0.5, 0.6) is 17.2 Å². The second kappa shape index (κ2) is 9.78. The maximum Gasteiger partial charge on any atom is 0.422 e. The van der Waals surface area contributed by atoms with Gasteiger partial charge in [-0.05, 0) is 66.6 Å². The predicted molar refractivity (Wildman–Crippen MR) is 118 cm³/mol. The number of nitrogens with one attached hydrogen (secondary N) is 2. The summed E-state index contributed by atoms with van der Waals surface area (Å²) in [7, 11) is 0. The largest absolute Gasteiger partial charge is 0.484 e. The van der Waals surface area contributed by atoms with Gasteiger partial charge in [0.25, 0.3) is 0 Å². The fraction of sp³-hybridized carbons (Fsp3) is 0.200. The molecule has 2 N–H and O–H groups in total. The first kappa shape index (κ1) is 21.8. The van der Waals surface area contributed by atoms with Crippen LogP contribution in [0.2, 0.25) is 0 Å². The Labute approximate surface area is 184 Å². The normalized spacial score (nSPS) is 11.6. The number of aromatic amines is 1. The van der Waals surface area contributed by atoms with E-state index in [4.69, 9.17) is 9.47 Å². The first-order chi connectivity index (χ1) is 15.5. The Morgan fingerprint density at radius 1 is 0.844 bits per heavy atom. The van der Waals surface area contributed by atoms with E-state index in [1.165, 1.54) is 6.07 Å². The number of rotatable bonds is 9. The topological polar surface area (TPSA) is 46.3 Å². The van der Waals surface area contributed by atoms with Crippen molar-refractivity contribution in [2.75, 3.05) is 13.2 Å². The van der Waals surface area contributed by atoms with Gasteiger partial charge in [0.1, 0.15) is 17.2 Å². The van der Waals surface area contributed by atoms with Crippen molar-refractivity contribution in [2.45, 2.75) is 19.1 Å². The zero-order valence-corrected chi connectivity index (χ0v) is 17.3. The van der Waals surface area contributed by atoms with E-state index in [9.17, 15) is 13.2 Å². The summed E-state index contributed by atoms with van der Waals surface area (Å²) < 4.78 is 48.0.